The van der Waals surface area contributed by atoms with Gasteiger partial charge in [-0.25, -0.2) is 5.01 Å². The second-order valence-corrected chi connectivity index (χ2v) is 14.1. The summed E-state index contributed by atoms with van der Waals surface area (Å²) >= 11 is 0. The number of benzene rings is 5. The van der Waals surface area contributed by atoms with Crippen LogP contribution in [0, 0.1) is 0 Å². The third-order valence-electron chi connectivity index (χ3n) is 9.36. The SMILES string of the molecule is CC(C)c1cccc(C(C)C)c1N1CN(c2c(C(C)C)cccc2C(C)C)C(c2cc(-c3ccccc3)cc(-c3ccccc3)c2)=N1. The van der Waals surface area contributed by atoms with Gasteiger partial charge >= 0.3 is 0 Å². The Hall–Kier alpha value is -4.63. The topological polar surface area (TPSA) is 18.8 Å². The summed E-state index contributed by atoms with van der Waals surface area (Å²) in [5.74, 6) is 2.46. The lowest BCUT2D eigenvalue weighted by Gasteiger charge is -2.31. The van der Waals surface area contributed by atoms with Gasteiger partial charge in [-0.1, -0.05) is 152 Å². The highest BCUT2D eigenvalue weighted by Gasteiger charge is 2.33. The zero-order chi connectivity index (χ0) is 33.2. The predicted molar refractivity (Wildman–Crippen MR) is 203 cm³/mol. The minimum Gasteiger partial charge on any atom is -0.304 e. The number of para-hydroxylation sites is 2. The molecule has 0 saturated carbocycles. The third-order valence-corrected chi connectivity index (χ3v) is 9.36. The molecule has 0 atom stereocenters. The lowest BCUT2D eigenvalue weighted by molar-refractivity contribution is 0.789. The molecule has 0 N–H and O–H groups in total. The van der Waals surface area contributed by atoms with Crippen molar-refractivity contribution in [1.29, 1.82) is 0 Å². The molecule has 3 heteroatoms. The molecule has 0 aromatic heterocycles. The van der Waals surface area contributed by atoms with E-state index in [4.69, 9.17) is 5.10 Å². The highest BCUT2D eigenvalue weighted by molar-refractivity contribution is 6.14. The van der Waals surface area contributed by atoms with Gasteiger partial charge in [0.15, 0.2) is 5.84 Å². The van der Waals surface area contributed by atoms with Crippen LogP contribution in [0.3, 0.4) is 0 Å². The van der Waals surface area contributed by atoms with Crippen LogP contribution >= 0.6 is 0 Å². The summed E-state index contributed by atoms with van der Waals surface area (Å²) in [5, 5.41) is 7.91. The van der Waals surface area contributed by atoms with Gasteiger partial charge in [0.05, 0.1) is 11.4 Å². The first kappa shape index (κ1) is 32.3. The van der Waals surface area contributed by atoms with Crippen molar-refractivity contribution in [2.45, 2.75) is 79.1 Å². The summed E-state index contributed by atoms with van der Waals surface area (Å²) in [6.07, 6.45) is 0. The van der Waals surface area contributed by atoms with E-state index in [-0.39, 0.29) is 0 Å². The van der Waals surface area contributed by atoms with Gasteiger partial charge in [-0.3, -0.25) is 0 Å². The first-order valence-electron chi connectivity index (χ1n) is 17.3. The smallest absolute Gasteiger partial charge is 0.162 e. The van der Waals surface area contributed by atoms with E-state index in [2.05, 4.69) is 181 Å². The molecular formula is C44H49N3. The van der Waals surface area contributed by atoms with E-state index in [0.29, 0.717) is 30.3 Å². The van der Waals surface area contributed by atoms with Gasteiger partial charge in [0.25, 0.3) is 0 Å². The fourth-order valence-electron chi connectivity index (χ4n) is 6.90. The molecule has 0 fully saturated rings. The van der Waals surface area contributed by atoms with Crippen LogP contribution in [-0.4, -0.2) is 12.5 Å². The fourth-order valence-corrected chi connectivity index (χ4v) is 6.90. The van der Waals surface area contributed by atoms with E-state index in [1.807, 2.05) is 0 Å². The molecule has 0 bridgehead atoms. The van der Waals surface area contributed by atoms with Crippen molar-refractivity contribution in [3.63, 3.8) is 0 Å². The molecule has 1 aliphatic rings. The molecule has 5 aromatic carbocycles. The van der Waals surface area contributed by atoms with Gasteiger partial charge in [0.2, 0.25) is 0 Å². The summed E-state index contributed by atoms with van der Waals surface area (Å²) in [6.45, 7) is 19.1. The van der Waals surface area contributed by atoms with Crippen LogP contribution in [0.1, 0.15) is 107 Å². The van der Waals surface area contributed by atoms with Crippen molar-refractivity contribution in [3.05, 3.63) is 143 Å². The summed E-state index contributed by atoms with van der Waals surface area (Å²) in [4.78, 5) is 2.50. The Balaban J connectivity index is 1.65. The average molecular weight is 620 g/mol. The maximum absolute atomic E-state index is 5.62. The van der Waals surface area contributed by atoms with Crippen molar-refractivity contribution in [2.75, 3.05) is 16.6 Å². The van der Waals surface area contributed by atoms with E-state index in [0.717, 1.165) is 11.4 Å². The van der Waals surface area contributed by atoms with Gasteiger partial charge in [-0.2, -0.15) is 5.10 Å². The van der Waals surface area contributed by atoms with Crippen molar-refractivity contribution < 1.29 is 0 Å². The molecular weight excluding hydrogens is 571 g/mol. The van der Waals surface area contributed by atoms with E-state index < -0.39 is 0 Å². The number of amidine groups is 1. The van der Waals surface area contributed by atoms with Gasteiger partial charge in [-0.05, 0) is 86.4 Å². The molecule has 1 aliphatic heterocycles. The lowest BCUT2D eigenvalue weighted by Crippen LogP contribution is -2.34. The second kappa shape index (κ2) is 13.6. The zero-order valence-corrected chi connectivity index (χ0v) is 29.3. The number of anilines is 2. The lowest BCUT2D eigenvalue weighted by atomic mass is 9.91. The van der Waals surface area contributed by atoms with Gasteiger partial charge in [0, 0.05) is 5.56 Å². The second-order valence-electron chi connectivity index (χ2n) is 14.1. The Bertz CT molecular complexity index is 1760. The maximum Gasteiger partial charge on any atom is 0.162 e. The summed E-state index contributed by atoms with van der Waals surface area (Å²) in [5.41, 5.74) is 13.8. The molecule has 0 spiro atoms. The molecule has 6 rings (SSSR count). The first-order chi connectivity index (χ1) is 22.6. The molecule has 0 amide bonds. The zero-order valence-electron chi connectivity index (χ0n) is 29.3. The Morgan fingerprint density at radius 3 is 1.21 bits per heavy atom. The van der Waals surface area contributed by atoms with Crippen LogP contribution in [0.4, 0.5) is 11.4 Å². The normalized spacial score (nSPS) is 13.4. The number of nitrogens with zero attached hydrogens (tertiary/aromatic N) is 3. The van der Waals surface area contributed by atoms with Crippen molar-refractivity contribution in [2.24, 2.45) is 5.10 Å². The monoisotopic (exact) mass is 619 g/mol. The molecule has 240 valence electrons. The van der Waals surface area contributed by atoms with Crippen molar-refractivity contribution >= 4 is 17.2 Å². The molecule has 0 unspecified atom stereocenters. The van der Waals surface area contributed by atoms with E-state index in [1.54, 1.807) is 0 Å². The van der Waals surface area contributed by atoms with E-state index in [9.17, 15) is 0 Å². The summed E-state index contributed by atoms with van der Waals surface area (Å²) < 4.78 is 0. The maximum atomic E-state index is 5.62. The standard InChI is InChI=1S/C44H49N3/c1-29(2)38-21-15-22-39(30(3)4)42(38)46-28-47(43-40(31(5)6)23-16-24-41(43)32(7)8)45-44(46)37-26-35(33-17-11-9-12-18-33)25-36(27-37)34-19-13-10-14-20-34/h9-27,29-32H,28H2,1-8H3. The Morgan fingerprint density at radius 2 is 0.809 bits per heavy atom. The molecule has 47 heavy (non-hydrogen) atoms. The van der Waals surface area contributed by atoms with Crippen LogP contribution in [-0.2, 0) is 0 Å². The quantitative estimate of drug-likeness (QED) is 0.163. The molecule has 0 radical (unpaired) electrons. The molecule has 0 saturated heterocycles. The van der Waals surface area contributed by atoms with Gasteiger partial charge in [-0.15, -0.1) is 0 Å². The van der Waals surface area contributed by atoms with Crippen molar-refractivity contribution in [3.8, 4) is 22.3 Å². The minimum atomic E-state index is 0.365. The highest BCUT2D eigenvalue weighted by atomic mass is 15.6. The van der Waals surface area contributed by atoms with Crippen molar-refractivity contribution in [1.82, 2.24) is 0 Å². The largest absolute Gasteiger partial charge is 0.304 e. The summed E-state index contributed by atoms with van der Waals surface area (Å²) in [6, 6.07) is 42.1. The van der Waals surface area contributed by atoms with E-state index >= 15 is 0 Å². The average Bonchev–Trinajstić information content (AvgIpc) is 3.53. The molecule has 5 aromatic rings. The van der Waals surface area contributed by atoms with Crippen LogP contribution in [0.2, 0.25) is 0 Å². The predicted octanol–water partition coefficient (Wildman–Crippen LogP) is 12.2. The Labute approximate surface area is 282 Å². The molecule has 1 heterocycles. The number of hydrazone groups is 1. The number of hydrogen-bond acceptors (Lipinski definition) is 3. The van der Waals surface area contributed by atoms with Gasteiger partial charge < -0.3 is 4.90 Å². The molecule has 0 aliphatic carbocycles. The van der Waals surface area contributed by atoms with E-state index in [1.165, 1.54) is 55.9 Å². The number of hydrogen-bond donors (Lipinski definition) is 0. The fraction of sp³-hybridized carbons (Fsp3) is 0.295. The summed E-state index contributed by atoms with van der Waals surface area (Å²) in [7, 11) is 0. The third kappa shape index (κ3) is 6.49. The number of rotatable bonds is 9. The van der Waals surface area contributed by atoms with Crippen LogP contribution in [0.15, 0.2) is 120 Å². The Kier molecular flexibility index (Phi) is 9.36. The Morgan fingerprint density at radius 1 is 0.426 bits per heavy atom. The van der Waals surface area contributed by atoms with Gasteiger partial charge in [0.1, 0.15) is 6.67 Å². The first-order valence-corrected chi connectivity index (χ1v) is 17.3. The van der Waals surface area contributed by atoms with Crippen LogP contribution in [0.5, 0.6) is 0 Å². The molecule has 3 nitrogen and oxygen atoms in total. The highest BCUT2D eigenvalue weighted by Crippen LogP contribution is 2.42. The van der Waals surface area contributed by atoms with Crippen LogP contribution < -0.4 is 9.91 Å². The van der Waals surface area contributed by atoms with Crippen LogP contribution in [0.25, 0.3) is 22.3 Å². The minimum absolute atomic E-state index is 0.365.